The number of ketones is 6. The van der Waals surface area contributed by atoms with Crippen molar-refractivity contribution >= 4 is 114 Å². The summed E-state index contributed by atoms with van der Waals surface area (Å²) >= 11 is 8.93. The molecular weight excluding hydrogens is 1950 g/mol. The standard InChI is InChI=1S/C22H35BrO2.C22H36O2.C21H34O2.2C21H32O2.C4H3N3.5CH4.CH3.Br2.BrH.Mg/c1-20(25)10-11-21(2)14(12-20)4-5-15-16-6-7-18(19(24)13-23)22(16,3)9-8-17(15)21;1-14(23)17-7-8-18-16-6-5-15-13-20(2,24)11-12-21(15,3)19(16)9-10-22(17,18)4;3*1-13(22)17-6-7-18-16-5-4-14-12-15(23)8-10-20(14,2)19(16)9-11-21(17,18)3;5-1-4-2-6-7-3-4;;;;;;;1-2;;/h14-18,25H,4-13H2,1-3H3;15-19,24H,5-13H2,1-4H3;14-19,23H,4-12H2,1-3H3;14,16-19H,4-12H2,1-3H3;4,15-19,23H,5-12H2,1-3H3;2-4H;5*1H4;1H3;;1H;/q;;;;;;;;;;;-1;;;+2/p-1/t14-,15-,16-,17-,18+,20+,21-,22-;15-,16-,17+,18-,19-,20+,21-,22+;14-,15-,16-,17+,18-,19-,20-,21+;14-,16-,17+,18-,19-,20-,21+;15-,16-,17+,18-,19-,20-,21+;;;;;;;;;;/m00000........../s1. The van der Waals surface area contributed by atoms with Crippen LogP contribution in [0.3, 0.4) is 0 Å². The normalized spacial score (nSPS) is 48.6. The van der Waals surface area contributed by atoms with Crippen LogP contribution < -0.4 is 17.0 Å². The molecule has 0 aromatic heterocycles. The Morgan fingerprint density at radius 2 is 0.696 bits per heavy atom. The Morgan fingerprint density at radius 1 is 0.385 bits per heavy atom. The zero-order valence-corrected chi connectivity index (χ0v) is 91.7. The molecular formula is C117H195Br4MgN3O10. The van der Waals surface area contributed by atoms with Crippen LogP contribution in [0.2, 0.25) is 0 Å². The number of fused-ring (bicyclic) bond motifs is 25. The number of alkyl halides is 1. The fraction of sp³-hybridized carbons (Fsp3) is 0.897. The molecule has 0 bridgehead atoms. The maximum absolute atomic E-state index is 12.5. The van der Waals surface area contributed by atoms with Crippen LogP contribution in [-0.2, 0) is 28.8 Å². The summed E-state index contributed by atoms with van der Waals surface area (Å²) in [6.07, 6.45) is 57.1. The van der Waals surface area contributed by atoms with E-state index < -0.39 is 11.2 Å². The van der Waals surface area contributed by atoms with E-state index in [-0.39, 0.29) is 136 Å². The number of carbonyl (C=O) groups excluding carboxylic acids is 6. The van der Waals surface area contributed by atoms with Crippen LogP contribution in [0, 0.1) is 221 Å². The average molecular weight is 2150 g/mol. The van der Waals surface area contributed by atoms with E-state index in [1.807, 2.05) is 47.6 Å². The molecule has 0 saturated heterocycles. The molecule has 1 heterocycles. The van der Waals surface area contributed by atoms with E-state index in [0.717, 1.165) is 204 Å². The quantitative estimate of drug-likeness (QED) is 0.0845. The molecule has 768 valence electrons. The van der Waals surface area contributed by atoms with E-state index in [1.165, 1.54) is 186 Å². The number of Topliss-reactive ketones (excluding diaryl/α,β-unsaturated/α-hetero) is 6. The molecule has 13 nitrogen and oxygen atoms in total. The molecule has 20 aliphatic carbocycles. The third kappa shape index (κ3) is 21.8. The Labute approximate surface area is 875 Å². The molecule has 0 radical (unpaired) electrons. The summed E-state index contributed by atoms with van der Waals surface area (Å²) < 4.78 is 0. The molecule has 0 aromatic carbocycles. The summed E-state index contributed by atoms with van der Waals surface area (Å²) in [4.78, 5) is 73.1. The van der Waals surface area contributed by atoms with Gasteiger partial charge in [0.05, 0.1) is 34.8 Å². The molecule has 135 heavy (non-hydrogen) atoms. The monoisotopic (exact) mass is 2140 g/mol. The van der Waals surface area contributed by atoms with E-state index in [1.54, 1.807) is 5.57 Å². The zero-order chi connectivity index (χ0) is 91.7. The molecule has 0 amide bonds. The fourth-order valence-electron chi connectivity index (χ4n) is 39.4. The molecule has 0 unspecified atom stereocenters. The number of hydrogen-bond donors (Lipinski definition) is 4. The number of hydrogen-bond acceptors (Lipinski definition) is 13. The van der Waals surface area contributed by atoms with E-state index in [0.29, 0.717) is 109 Å². The first-order valence-electron chi connectivity index (χ1n) is 52.6. The van der Waals surface area contributed by atoms with Crippen LogP contribution >= 0.6 is 44.2 Å². The van der Waals surface area contributed by atoms with Crippen LogP contribution in [0.15, 0.2) is 21.9 Å². The number of rotatable bonds is 6. The maximum atomic E-state index is 12.5. The van der Waals surface area contributed by atoms with Crippen LogP contribution in [0.4, 0.5) is 0 Å². The predicted molar refractivity (Wildman–Crippen MR) is 566 cm³/mol. The topological polar surface area (TPSA) is 232 Å². The molecule has 4 N–H and O–H groups in total. The second-order valence-corrected chi connectivity index (χ2v) is 52.0. The number of carbonyl (C=O) groups is 6. The van der Waals surface area contributed by atoms with Gasteiger partial charge in [-0.2, -0.15) is 15.5 Å². The Kier molecular flexibility index (Phi) is 41.5. The molecule has 1 aliphatic heterocycles. The first-order chi connectivity index (χ1) is 59.9. The molecule has 0 aromatic rings. The predicted octanol–water partition coefficient (Wildman–Crippen LogP) is 26.4. The number of nitrogens with zero attached hydrogens (tertiary/aromatic N) is 3. The van der Waals surface area contributed by atoms with Gasteiger partial charge in [0.1, 0.15) is 40.6 Å². The maximum Gasteiger partial charge on any atom is 2.00 e. The zero-order valence-electron chi connectivity index (χ0n) is 83.9. The van der Waals surface area contributed by atoms with Gasteiger partial charge in [-0.3, -0.25) is 28.8 Å². The van der Waals surface area contributed by atoms with Crippen LogP contribution in [0.5, 0.6) is 0 Å². The van der Waals surface area contributed by atoms with Gasteiger partial charge in [0.15, 0.2) is 0 Å². The van der Waals surface area contributed by atoms with Crippen molar-refractivity contribution in [3.8, 4) is 6.07 Å². The van der Waals surface area contributed by atoms with Crippen molar-refractivity contribution in [2.45, 2.75) is 454 Å². The molecule has 21 rings (SSSR count). The summed E-state index contributed by atoms with van der Waals surface area (Å²) in [5.41, 5.74) is 4.00. The van der Waals surface area contributed by atoms with Crippen molar-refractivity contribution in [1.29, 1.82) is 5.26 Å². The minimum Gasteiger partial charge on any atom is -1.00 e. The van der Waals surface area contributed by atoms with Crippen molar-refractivity contribution in [2.24, 2.45) is 212 Å². The van der Waals surface area contributed by atoms with Gasteiger partial charge in [0.2, 0.25) is 0 Å². The smallest absolute Gasteiger partial charge is 1.00 e. The Morgan fingerprint density at radius 3 is 1.06 bits per heavy atom. The molecule has 21 aliphatic rings. The SMILES string of the molecule is BrBr.C.C.C.C.C.CC(=O)[C@H]1CC[C@H]2[C@@H]3CC=C4C[C@@H](O)CC[C@]4(C)[C@H]3CC[C@]12C.CC(=O)[C@H]1CC[C@H]2[C@@H]3CC[C@H]4CC(=O)CC[C@]4(C)[C@H]3CC[C@]12C.CC(=O)[C@H]1CC[C@H]2[C@@H]3CC[C@H]4C[C@@H](O)CC[C@]4(C)[C@H]3CC[C@]12C.CC(=O)[C@H]1CC[C@H]2[C@@H]3CC[C@H]4C[C@](C)(O)CC[C@]4(C)[C@H]3CC[C@]12C.C[C@@]1(O)CC[C@@]2(C)[C@@H](CC[C@@H]3[C@@H]2CC[C@]2(C)[C@@H](C(=O)CBr)CC[C@@H]32)C1.N#CC1C=NN=C1.[Br-].[CH3-].[Mg+2]. The second kappa shape index (κ2) is 46.3. The van der Waals surface area contributed by atoms with E-state index in [9.17, 15) is 49.2 Å². The minimum absolute atomic E-state index is 0. The average Bonchev–Trinajstić information content (AvgIpc) is 1.68. The van der Waals surface area contributed by atoms with Gasteiger partial charge in [0, 0.05) is 83.1 Å². The van der Waals surface area contributed by atoms with E-state index in [2.05, 4.69) is 130 Å². The Balaban J connectivity index is 0.000000221. The van der Waals surface area contributed by atoms with Gasteiger partial charge in [0.25, 0.3) is 0 Å². The second-order valence-electron chi connectivity index (χ2n) is 51.5. The van der Waals surface area contributed by atoms with Gasteiger partial charge < -0.3 is 44.8 Å². The summed E-state index contributed by atoms with van der Waals surface area (Å²) in [7, 11) is 0. The summed E-state index contributed by atoms with van der Waals surface area (Å²) in [6.45, 7) is 36.1. The number of aliphatic hydroxyl groups is 4. The molecule has 19 fully saturated rings. The Bertz CT molecular complexity index is 4170. The largest absolute Gasteiger partial charge is 2.00 e. The minimum atomic E-state index is -0.444. The number of aliphatic hydroxyl groups excluding tert-OH is 2. The van der Waals surface area contributed by atoms with Crippen molar-refractivity contribution < 1.29 is 66.2 Å². The molecule has 18 heteroatoms. The van der Waals surface area contributed by atoms with Gasteiger partial charge >= 0.3 is 23.1 Å². The van der Waals surface area contributed by atoms with Crippen LogP contribution in [0.25, 0.3) is 0 Å². The van der Waals surface area contributed by atoms with Crippen LogP contribution in [-0.4, -0.2) is 119 Å². The summed E-state index contributed by atoms with van der Waals surface area (Å²) in [5.74, 6) is 18.7. The van der Waals surface area contributed by atoms with E-state index in [4.69, 9.17) is 5.26 Å². The fourth-order valence-corrected chi connectivity index (χ4v) is 39.8. The summed E-state index contributed by atoms with van der Waals surface area (Å²) in [6, 6.07) is 1.97. The number of nitriles is 1. The first-order valence-corrected chi connectivity index (χ1v) is 57.5. The van der Waals surface area contributed by atoms with E-state index >= 15 is 0 Å². The number of allylic oxidation sites excluding steroid dienone is 1. The van der Waals surface area contributed by atoms with Crippen molar-refractivity contribution in [1.82, 2.24) is 0 Å². The van der Waals surface area contributed by atoms with Gasteiger partial charge in [-0.25, -0.2) is 0 Å². The van der Waals surface area contributed by atoms with Crippen LogP contribution in [0.1, 0.15) is 430 Å². The third-order valence-corrected chi connectivity index (χ3v) is 46.8. The third-order valence-electron chi connectivity index (χ3n) is 46.3. The van der Waals surface area contributed by atoms with Crippen molar-refractivity contribution in [3.63, 3.8) is 0 Å². The van der Waals surface area contributed by atoms with Gasteiger partial charge in [-0.1, -0.05) is 134 Å². The van der Waals surface area contributed by atoms with Gasteiger partial charge in [-0.05, 0) is 478 Å². The molecule has 0 spiro atoms. The van der Waals surface area contributed by atoms with Crippen molar-refractivity contribution in [2.75, 3.05) is 5.33 Å². The number of halogens is 4. The molecule has 38 atom stereocenters. The summed E-state index contributed by atoms with van der Waals surface area (Å²) in [5, 5.41) is 56.9. The first kappa shape index (κ1) is 121. The van der Waals surface area contributed by atoms with Crippen molar-refractivity contribution in [3.05, 3.63) is 19.1 Å². The van der Waals surface area contributed by atoms with Gasteiger partial charge in [-0.15, -0.1) is 0 Å². The molecule has 19 saturated carbocycles. The Hall–Kier alpha value is -0.884.